The Labute approximate surface area is 166 Å². The highest BCUT2D eigenvalue weighted by atomic mass is 16.5. The van der Waals surface area contributed by atoms with Crippen LogP contribution in [0.4, 0.5) is 0 Å². The molecule has 1 aromatic carbocycles. The zero-order chi connectivity index (χ0) is 20.4. The van der Waals surface area contributed by atoms with Crippen LogP contribution in [0.2, 0.25) is 0 Å². The van der Waals surface area contributed by atoms with E-state index in [0.29, 0.717) is 24.6 Å². The molecule has 5 heteroatoms. The highest BCUT2D eigenvalue weighted by molar-refractivity contribution is 6.00. The fourth-order valence-electron chi connectivity index (χ4n) is 3.70. The van der Waals surface area contributed by atoms with Gasteiger partial charge in [-0.1, -0.05) is 13.8 Å². The number of likely N-dealkylation sites (N-methyl/N-ethyl adjacent to an activating group) is 1. The summed E-state index contributed by atoms with van der Waals surface area (Å²) in [6.07, 6.45) is 0. The molecular weight excluding hydrogens is 350 g/mol. The van der Waals surface area contributed by atoms with Gasteiger partial charge >= 0.3 is 0 Å². The number of H-pyrrole nitrogens is 1. The number of benzene rings is 1. The molecule has 2 heterocycles. The van der Waals surface area contributed by atoms with Crippen LogP contribution in [0.25, 0.3) is 22.2 Å². The van der Waals surface area contributed by atoms with Gasteiger partial charge in [-0.3, -0.25) is 9.78 Å². The lowest BCUT2D eigenvalue weighted by Crippen LogP contribution is -2.29. The SMILES string of the molecule is COCCN(C)C(=O)c1ccc2[nH]c(-c3cc(C)nc(C)c3)c(C(C)C)c2c1. The Hall–Kier alpha value is -2.66. The van der Waals surface area contributed by atoms with E-state index in [0.717, 1.165) is 33.5 Å². The number of nitrogens with zero attached hydrogens (tertiary/aromatic N) is 2. The van der Waals surface area contributed by atoms with Crippen LogP contribution in [-0.4, -0.2) is 48.1 Å². The molecule has 0 unspecified atom stereocenters. The van der Waals surface area contributed by atoms with Gasteiger partial charge < -0.3 is 14.6 Å². The summed E-state index contributed by atoms with van der Waals surface area (Å²) in [6, 6.07) is 10.1. The smallest absolute Gasteiger partial charge is 0.253 e. The Morgan fingerprint density at radius 3 is 2.46 bits per heavy atom. The Bertz CT molecular complexity index is 984. The molecule has 3 aromatic rings. The summed E-state index contributed by atoms with van der Waals surface area (Å²) in [5.41, 5.74) is 7.21. The average molecular weight is 380 g/mol. The molecule has 0 atom stereocenters. The molecule has 0 aliphatic carbocycles. The minimum atomic E-state index is 0.00649. The van der Waals surface area contributed by atoms with Gasteiger partial charge in [0.25, 0.3) is 5.91 Å². The number of fused-ring (bicyclic) bond motifs is 1. The van der Waals surface area contributed by atoms with E-state index in [-0.39, 0.29) is 5.91 Å². The van der Waals surface area contributed by atoms with Gasteiger partial charge in [0.15, 0.2) is 0 Å². The maximum atomic E-state index is 12.8. The lowest BCUT2D eigenvalue weighted by atomic mass is 9.95. The number of methoxy groups -OCH3 is 1. The number of pyridine rings is 1. The third-order valence-corrected chi connectivity index (χ3v) is 5.01. The number of hydrogen-bond donors (Lipinski definition) is 1. The van der Waals surface area contributed by atoms with E-state index in [1.807, 2.05) is 32.0 Å². The zero-order valence-corrected chi connectivity index (χ0v) is 17.6. The number of aromatic amines is 1. The molecule has 1 amide bonds. The predicted molar refractivity (Wildman–Crippen MR) is 114 cm³/mol. The monoisotopic (exact) mass is 379 g/mol. The van der Waals surface area contributed by atoms with Gasteiger partial charge in [-0.2, -0.15) is 0 Å². The Morgan fingerprint density at radius 2 is 1.86 bits per heavy atom. The van der Waals surface area contributed by atoms with Gasteiger partial charge in [0.2, 0.25) is 0 Å². The number of rotatable bonds is 6. The second kappa shape index (κ2) is 8.15. The molecule has 0 saturated carbocycles. The molecule has 1 N–H and O–H groups in total. The molecule has 3 rings (SSSR count). The molecule has 0 radical (unpaired) electrons. The third-order valence-electron chi connectivity index (χ3n) is 5.01. The molecule has 0 spiro atoms. The van der Waals surface area contributed by atoms with Gasteiger partial charge in [0.05, 0.1) is 12.3 Å². The number of ether oxygens (including phenoxy) is 1. The lowest BCUT2D eigenvalue weighted by Gasteiger charge is -2.17. The summed E-state index contributed by atoms with van der Waals surface area (Å²) in [5, 5.41) is 1.10. The first-order valence-corrected chi connectivity index (χ1v) is 9.67. The highest BCUT2D eigenvalue weighted by Crippen LogP contribution is 2.36. The van der Waals surface area contributed by atoms with Crippen molar-refractivity contribution in [3.05, 3.63) is 52.8 Å². The van der Waals surface area contributed by atoms with Crippen molar-refractivity contribution in [1.29, 1.82) is 0 Å². The van der Waals surface area contributed by atoms with Crippen molar-refractivity contribution < 1.29 is 9.53 Å². The van der Waals surface area contributed by atoms with Crippen LogP contribution < -0.4 is 0 Å². The van der Waals surface area contributed by atoms with Crippen molar-refractivity contribution >= 4 is 16.8 Å². The predicted octanol–water partition coefficient (Wildman–Crippen LogP) is 4.69. The molecule has 0 bridgehead atoms. The molecule has 2 aromatic heterocycles. The first-order valence-electron chi connectivity index (χ1n) is 9.67. The van der Waals surface area contributed by atoms with E-state index < -0.39 is 0 Å². The third kappa shape index (κ3) is 3.94. The molecule has 0 aliphatic heterocycles. The molecule has 5 nitrogen and oxygen atoms in total. The van der Waals surface area contributed by atoms with Gasteiger partial charge in [0.1, 0.15) is 0 Å². The van der Waals surface area contributed by atoms with E-state index in [4.69, 9.17) is 4.74 Å². The van der Waals surface area contributed by atoms with Crippen LogP contribution in [0, 0.1) is 13.8 Å². The van der Waals surface area contributed by atoms with E-state index in [2.05, 4.69) is 35.9 Å². The van der Waals surface area contributed by atoms with Crippen molar-refractivity contribution in [1.82, 2.24) is 14.9 Å². The van der Waals surface area contributed by atoms with Gasteiger partial charge in [-0.15, -0.1) is 0 Å². The second-order valence-corrected chi connectivity index (χ2v) is 7.69. The van der Waals surface area contributed by atoms with Crippen molar-refractivity contribution in [3.63, 3.8) is 0 Å². The van der Waals surface area contributed by atoms with Gasteiger partial charge in [0, 0.05) is 54.1 Å². The zero-order valence-electron chi connectivity index (χ0n) is 17.6. The topological polar surface area (TPSA) is 58.2 Å². The Balaban J connectivity index is 2.11. The highest BCUT2D eigenvalue weighted by Gasteiger charge is 2.19. The summed E-state index contributed by atoms with van der Waals surface area (Å²) in [5.74, 6) is 0.320. The molecule has 0 saturated heterocycles. The number of aryl methyl sites for hydroxylation is 2. The van der Waals surface area contributed by atoms with Crippen LogP contribution in [-0.2, 0) is 4.74 Å². The summed E-state index contributed by atoms with van der Waals surface area (Å²) in [6.45, 7) is 9.50. The van der Waals surface area contributed by atoms with E-state index in [9.17, 15) is 4.79 Å². The minimum Gasteiger partial charge on any atom is -0.383 e. The summed E-state index contributed by atoms with van der Waals surface area (Å²) < 4.78 is 5.09. The number of nitrogens with one attached hydrogen (secondary N) is 1. The summed E-state index contributed by atoms with van der Waals surface area (Å²) in [4.78, 5) is 22.6. The number of hydrogen-bond acceptors (Lipinski definition) is 3. The van der Waals surface area contributed by atoms with Crippen LogP contribution in [0.1, 0.15) is 47.1 Å². The fourth-order valence-corrected chi connectivity index (χ4v) is 3.70. The molecule has 148 valence electrons. The Morgan fingerprint density at radius 1 is 1.18 bits per heavy atom. The number of aromatic nitrogens is 2. The second-order valence-electron chi connectivity index (χ2n) is 7.69. The first-order chi connectivity index (χ1) is 13.3. The van der Waals surface area contributed by atoms with Gasteiger partial charge in [-0.05, 0) is 55.7 Å². The summed E-state index contributed by atoms with van der Waals surface area (Å²) >= 11 is 0. The lowest BCUT2D eigenvalue weighted by molar-refractivity contribution is 0.0744. The van der Waals surface area contributed by atoms with Crippen LogP contribution >= 0.6 is 0 Å². The van der Waals surface area contributed by atoms with Crippen molar-refractivity contribution in [2.24, 2.45) is 0 Å². The van der Waals surface area contributed by atoms with Gasteiger partial charge in [-0.25, -0.2) is 0 Å². The number of carbonyl (C=O) groups excluding carboxylic acids is 1. The summed E-state index contributed by atoms with van der Waals surface area (Å²) in [7, 11) is 3.45. The maximum absolute atomic E-state index is 12.8. The molecule has 28 heavy (non-hydrogen) atoms. The number of carbonyl (C=O) groups is 1. The van der Waals surface area contributed by atoms with Crippen molar-refractivity contribution in [2.45, 2.75) is 33.6 Å². The number of amides is 1. The minimum absolute atomic E-state index is 0.00649. The van der Waals surface area contributed by atoms with E-state index >= 15 is 0 Å². The molecule has 0 fully saturated rings. The normalized spacial score (nSPS) is 11.4. The van der Waals surface area contributed by atoms with Crippen molar-refractivity contribution in [2.75, 3.05) is 27.3 Å². The Kier molecular flexibility index (Phi) is 5.84. The molecule has 0 aliphatic rings. The average Bonchev–Trinajstić information content (AvgIpc) is 3.03. The maximum Gasteiger partial charge on any atom is 0.253 e. The quantitative estimate of drug-likeness (QED) is 0.676. The van der Waals surface area contributed by atoms with Crippen LogP contribution in [0.3, 0.4) is 0 Å². The van der Waals surface area contributed by atoms with Crippen molar-refractivity contribution in [3.8, 4) is 11.3 Å². The largest absolute Gasteiger partial charge is 0.383 e. The van der Waals surface area contributed by atoms with Crippen LogP contribution in [0.5, 0.6) is 0 Å². The fraction of sp³-hybridized carbons (Fsp3) is 0.391. The van der Waals surface area contributed by atoms with E-state index in [1.54, 1.807) is 19.1 Å². The molecular formula is C23H29N3O2. The van der Waals surface area contributed by atoms with E-state index in [1.165, 1.54) is 5.56 Å². The first kappa shape index (κ1) is 20.1. The van der Waals surface area contributed by atoms with Crippen LogP contribution in [0.15, 0.2) is 30.3 Å². The standard InChI is InChI=1S/C23H29N3O2/c1-14(2)21-19-13-17(23(27)26(5)9-10-28-6)7-8-20(19)25-22(21)18-11-15(3)24-16(4)12-18/h7-8,11-14,25H,9-10H2,1-6H3.